The maximum Gasteiger partial charge on any atom is 0.492 e. The summed E-state index contributed by atoms with van der Waals surface area (Å²) in [7, 11) is 2.33. The second-order valence-corrected chi connectivity index (χ2v) is 6.93. The monoisotopic (exact) mass is 348 g/mol. The van der Waals surface area contributed by atoms with E-state index in [1.54, 1.807) is 18.2 Å². The minimum absolute atomic E-state index is 0.256. The molecule has 1 heterocycles. The number of aldehydes is 1. The quantitative estimate of drug-likeness (QED) is 0.629. The van der Waals surface area contributed by atoms with Crippen molar-refractivity contribution in [3.63, 3.8) is 0 Å². The Balaban J connectivity index is 2.48. The fraction of sp³-hybridized carbons (Fsp3) is 0.500. The van der Waals surface area contributed by atoms with Crippen LogP contribution in [0.2, 0.25) is 0 Å². The lowest BCUT2D eigenvalue weighted by Gasteiger charge is -2.32. The fourth-order valence-corrected chi connectivity index (χ4v) is 2.57. The smallest absolute Gasteiger partial charge is 0.492 e. The lowest BCUT2D eigenvalue weighted by molar-refractivity contribution is 0.00578. The van der Waals surface area contributed by atoms with Crippen molar-refractivity contribution in [2.45, 2.75) is 38.9 Å². The Labute approximate surface area is 148 Å². The molecule has 1 aromatic rings. The van der Waals surface area contributed by atoms with Gasteiger partial charge in [-0.25, -0.2) is 0 Å². The van der Waals surface area contributed by atoms with Crippen molar-refractivity contribution in [2.75, 3.05) is 20.8 Å². The summed E-state index contributed by atoms with van der Waals surface area (Å²) >= 11 is 0. The van der Waals surface area contributed by atoms with Gasteiger partial charge in [-0.3, -0.25) is 4.79 Å². The maximum atomic E-state index is 11.2. The largest absolute Gasteiger partial charge is 0.493 e. The first-order valence-corrected chi connectivity index (χ1v) is 8.07. The zero-order chi connectivity index (χ0) is 18.8. The number of rotatable bonds is 6. The number of carbonyl (C=O) groups excluding carboxylic acids is 1. The van der Waals surface area contributed by atoms with Crippen LogP contribution in [0.25, 0.3) is 6.08 Å². The van der Waals surface area contributed by atoms with Gasteiger partial charge >= 0.3 is 7.12 Å². The topological polar surface area (TPSA) is 74.2 Å². The van der Waals surface area contributed by atoms with E-state index in [4.69, 9.17) is 18.8 Å². The summed E-state index contributed by atoms with van der Waals surface area (Å²) in [6.45, 7) is 7.52. The number of hydrogen-bond donors (Lipinski definition) is 1. The summed E-state index contributed by atoms with van der Waals surface area (Å²) in [5.74, 6) is 0.903. The average Bonchev–Trinajstić information content (AvgIpc) is 2.79. The van der Waals surface area contributed by atoms with E-state index < -0.39 is 18.3 Å². The zero-order valence-electron chi connectivity index (χ0n) is 15.6. The molecule has 1 fully saturated rings. The molecule has 25 heavy (non-hydrogen) atoms. The number of hydrogen-bond acceptors (Lipinski definition) is 6. The first-order valence-electron chi connectivity index (χ1n) is 8.07. The van der Waals surface area contributed by atoms with Gasteiger partial charge in [0.1, 0.15) is 6.29 Å². The highest BCUT2D eigenvalue weighted by Crippen LogP contribution is 2.40. The second-order valence-electron chi connectivity index (χ2n) is 6.93. The van der Waals surface area contributed by atoms with Gasteiger partial charge < -0.3 is 23.9 Å². The highest BCUT2D eigenvalue weighted by atomic mass is 16.7. The molecule has 0 amide bonds. The number of ether oxygens (including phenoxy) is 2. The van der Waals surface area contributed by atoms with Crippen LogP contribution in [-0.4, -0.2) is 50.5 Å². The van der Waals surface area contributed by atoms with Gasteiger partial charge in [-0.05, 0) is 45.3 Å². The van der Waals surface area contributed by atoms with Gasteiger partial charge in [-0.2, -0.15) is 0 Å². The normalized spacial score (nSPS) is 19.0. The van der Waals surface area contributed by atoms with Gasteiger partial charge in [0.25, 0.3) is 0 Å². The maximum absolute atomic E-state index is 11.2. The minimum Gasteiger partial charge on any atom is -0.493 e. The molecule has 1 aliphatic heterocycles. The molecule has 0 unspecified atom stereocenters. The Bertz CT molecular complexity index is 664. The highest BCUT2D eigenvalue weighted by molar-refractivity contribution is 6.55. The third-order valence-corrected chi connectivity index (χ3v) is 4.75. The van der Waals surface area contributed by atoms with Crippen molar-refractivity contribution in [3.05, 3.63) is 28.7 Å². The van der Waals surface area contributed by atoms with Gasteiger partial charge in [0.15, 0.2) is 11.5 Å². The van der Waals surface area contributed by atoms with Crippen molar-refractivity contribution < 1.29 is 28.7 Å². The number of carbonyl (C=O) groups is 1. The second kappa shape index (κ2) is 7.19. The van der Waals surface area contributed by atoms with Crippen molar-refractivity contribution in [2.24, 2.45) is 0 Å². The van der Waals surface area contributed by atoms with E-state index >= 15 is 0 Å². The van der Waals surface area contributed by atoms with Crippen LogP contribution in [-0.2, 0) is 9.31 Å². The van der Waals surface area contributed by atoms with Crippen LogP contribution in [0.5, 0.6) is 11.5 Å². The Morgan fingerprint density at radius 3 is 2.20 bits per heavy atom. The molecule has 0 bridgehead atoms. The molecule has 2 rings (SSSR count). The molecule has 1 aliphatic rings. The Morgan fingerprint density at radius 1 is 1.16 bits per heavy atom. The fourth-order valence-electron chi connectivity index (χ4n) is 2.57. The van der Waals surface area contributed by atoms with E-state index in [1.165, 1.54) is 14.2 Å². The van der Waals surface area contributed by atoms with Gasteiger partial charge in [0.05, 0.1) is 32.0 Å². The average molecular weight is 348 g/mol. The molecule has 0 spiro atoms. The van der Waals surface area contributed by atoms with Crippen molar-refractivity contribution in [1.29, 1.82) is 0 Å². The molecule has 1 N–H and O–H groups in total. The van der Waals surface area contributed by atoms with Crippen molar-refractivity contribution in [1.82, 2.24) is 0 Å². The van der Waals surface area contributed by atoms with Gasteiger partial charge in [-0.15, -0.1) is 0 Å². The van der Waals surface area contributed by atoms with Gasteiger partial charge in [-0.1, -0.05) is 6.08 Å². The summed E-state index contributed by atoms with van der Waals surface area (Å²) in [5, 5.41) is 9.83. The Hall–Kier alpha value is -1.83. The van der Waals surface area contributed by atoms with E-state index in [0.717, 1.165) is 6.29 Å². The van der Waals surface area contributed by atoms with E-state index in [9.17, 15) is 9.90 Å². The highest BCUT2D eigenvalue weighted by Gasteiger charge is 2.52. The molecule has 7 heteroatoms. The van der Waals surface area contributed by atoms with Crippen LogP contribution in [0.4, 0.5) is 0 Å². The van der Waals surface area contributed by atoms with Crippen molar-refractivity contribution >= 4 is 19.5 Å². The molecular weight excluding hydrogens is 323 g/mol. The summed E-state index contributed by atoms with van der Waals surface area (Å²) < 4.78 is 22.7. The molecule has 0 radical (unpaired) electrons. The molecule has 136 valence electrons. The SMILES string of the molecule is COc1cc(C=O)cc(C=C(CO)B2OC(C)(C)C(C)(C)O2)c1OC. The molecule has 6 nitrogen and oxygen atoms in total. The summed E-state index contributed by atoms with van der Waals surface area (Å²) in [4.78, 5) is 11.2. The summed E-state index contributed by atoms with van der Waals surface area (Å²) in [6, 6.07) is 3.26. The number of aliphatic hydroxyl groups is 1. The van der Waals surface area contributed by atoms with Crippen molar-refractivity contribution in [3.8, 4) is 11.5 Å². The molecule has 0 aromatic heterocycles. The third kappa shape index (κ3) is 3.73. The van der Waals surface area contributed by atoms with Crippen LogP contribution < -0.4 is 9.47 Å². The first-order chi connectivity index (χ1) is 11.7. The Kier molecular flexibility index (Phi) is 5.61. The minimum atomic E-state index is -0.689. The molecule has 0 aliphatic carbocycles. The molecule has 0 atom stereocenters. The van der Waals surface area contributed by atoms with Crippen LogP contribution in [0.1, 0.15) is 43.6 Å². The number of methoxy groups -OCH3 is 2. The standard InChI is InChI=1S/C18H25BO6/c1-17(2)18(3,4)25-19(24-17)14(11-21)9-13-7-12(10-20)8-15(22-5)16(13)23-6/h7-10,21H,11H2,1-6H3. The van der Waals surface area contributed by atoms with E-state index in [-0.39, 0.29) is 6.61 Å². The number of aliphatic hydroxyl groups excluding tert-OH is 1. The van der Waals surface area contributed by atoms with Gasteiger partial charge in [0, 0.05) is 11.1 Å². The summed E-state index contributed by atoms with van der Waals surface area (Å²) in [6.07, 6.45) is 2.43. The van der Waals surface area contributed by atoms with E-state index in [0.29, 0.717) is 28.1 Å². The number of benzene rings is 1. The van der Waals surface area contributed by atoms with Crippen LogP contribution in [0, 0.1) is 0 Å². The van der Waals surface area contributed by atoms with Crippen LogP contribution in [0.3, 0.4) is 0 Å². The van der Waals surface area contributed by atoms with Gasteiger partial charge in [0.2, 0.25) is 0 Å². The molecule has 1 saturated heterocycles. The zero-order valence-corrected chi connectivity index (χ0v) is 15.6. The lowest BCUT2D eigenvalue weighted by Crippen LogP contribution is -2.41. The molecule has 0 saturated carbocycles. The predicted octanol–water partition coefficient (Wildman–Crippen LogP) is 2.52. The Morgan fingerprint density at radius 2 is 1.76 bits per heavy atom. The first kappa shape index (κ1) is 19.5. The van der Waals surface area contributed by atoms with E-state index in [2.05, 4.69) is 0 Å². The molecular formula is C18H25BO6. The van der Waals surface area contributed by atoms with Crippen LogP contribution in [0.15, 0.2) is 17.6 Å². The van der Waals surface area contributed by atoms with E-state index in [1.807, 2.05) is 27.7 Å². The third-order valence-electron chi connectivity index (χ3n) is 4.75. The summed E-state index contributed by atoms with van der Waals surface area (Å²) in [5.41, 5.74) is 0.538. The lowest BCUT2D eigenvalue weighted by atomic mass is 9.77. The molecule has 1 aromatic carbocycles. The predicted molar refractivity (Wildman–Crippen MR) is 96.1 cm³/mol. The van der Waals surface area contributed by atoms with Crippen LogP contribution >= 0.6 is 0 Å².